The lowest BCUT2D eigenvalue weighted by Gasteiger charge is -2.04. The summed E-state index contributed by atoms with van der Waals surface area (Å²) in [7, 11) is 0. The van der Waals surface area contributed by atoms with Crippen LogP contribution in [0.1, 0.15) is 52.4 Å². The van der Waals surface area contributed by atoms with Crippen LogP contribution in [0, 0.1) is 12.3 Å². The van der Waals surface area contributed by atoms with Crippen molar-refractivity contribution in [2.45, 2.75) is 64.1 Å². The van der Waals surface area contributed by atoms with Crippen molar-refractivity contribution in [1.29, 1.82) is 0 Å². The lowest BCUT2D eigenvalue weighted by molar-refractivity contribution is -0.104. The molecule has 0 aromatic rings. The second-order valence-electron chi connectivity index (χ2n) is 5.35. The van der Waals surface area contributed by atoms with Crippen molar-refractivity contribution in [2.75, 3.05) is 0 Å². The lowest BCUT2D eigenvalue weighted by Crippen LogP contribution is -2.09. The molecule has 0 unspecified atom stereocenters. The fourth-order valence-corrected chi connectivity index (χ4v) is 2.26. The van der Waals surface area contributed by atoms with E-state index in [2.05, 4.69) is 25.8 Å². The highest BCUT2D eigenvalue weighted by Crippen LogP contribution is 2.42. The average molecular weight is 260 g/mol. The molecule has 0 aromatic carbocycles. The molecule has 0 bridgehead atoms. The minimum Gasteiger partial charge on any atom is -0.366 e. The molecule has 0 radical (unpaired) electrons. The normalized spacial score (nSPS) is 26.4. The van der Waals surface area contributed by atoms with Crippen molar-refractivity contribution in [3.63, 3.8) is 0 Å². The second kappa shape index (κ2) is 7.96. The highest BCUT2D eigenvalue weighted by molar-refractivity contribution is 5.64. The third kappa shape index (κ3) is 5.89. The Bertz CT molecular complexity index is 387. The van der Waals surface area contributed by atoms with Crippen LogP contribution in [0.15, 0.2) is 23.8 Å². The van der Waals surface area contributed by atoms with Gasteiger partial charge in [-0.15, -0.1) is 12.3 Å². The van der Waals surface area contributed by atoms with Gasteiger partial charge in [0.1, 0.15) is 6.29 Å². The first-order valence-electron chi connectivity index (χ1n) is 6.99. The van der Waals surface area contributed by atoms with Gasteiger partial charge in [0.2, 0.25) is 0 Å². The third-order valence-electron chi connectivity index (χ3n) is 3.64. The van der Waals surface area contributed by atoms with Crippen LogP contribution in [-0.2, 0) is 9.53 Å². The molecule has 1 aliphatic heterocycles. The third-order valence-corrected chi connectivity index (χ3v) is 3.64. The van der Waals surface area contributed by atoms with Crippen molar-refractivity contribution < 1.29 is 9.53 Å². The quantitative estimate of drug-likeness (QED) is 0.207. The number of hydrogen-bond donors (Lipinski definition) is 0. The number of allylic oxidation sites excluding steroid dienone is 4. The van der Waals surface area contributed by atoms with Crippen molar-refractivity contribution in [3.05, 3.63) is 23.8 Å². The maximum absolute atomic E-state index is 10.1. The average Bonchev–Trinajstić information content (AvgIpc) is 3.03. The number of terminal acetylenes is 1. The van der Waals surface area contributed by atoms with Crippen LogP contribution in [0.2, 0.25) is 0 Å². The highest BCUT2D eigenvalue weighted by Gasteiger charge is 2.50. The van der Waals surface area contributed by atoms with E-state index in [9.17, 15) is 4.79 Å². The molecule has 0 N–H and O–H groups in total. The van der Waals surface area contributed by atoms with Crippen LogP contribution < -0.4 is 0 Å². The van der Waals surface area contributed by atoms with Gasteiger partial charge in [0.05, 0.1) is 11.7 Å². The van der Waals surface area contributed by atoms with Gasteiger partial charge in [0, 0.05) is 6.42 Å². The van der Waals surface area contributed by atoms with E-state index < -0.39 is 0 Å². The van der Waals surface area contributed by atoms with Crippen LogP contribution >= 0.6 is 0 Å². The van der Waals surface area contributed by atoms with Gasteiger partial charge in [-0.05, 0) is 52.0 Å². The first kappa shape index (κ1) is 15.7. The van der Waals surface area contributed by atoms with Gasteiger partial charge in [-0.25, -0.2) is 0 Å². The Morgan fingerprint density at radius 3 is 2.95 bits per heavy atom. The standard InChI is InChI=1S/C17H24O2/c1-4-5-12-16-17(3,19-16)13-9-11-15(2)10-7-6-8-14-18/h1,6,8,11,14,16H,5,7,9-10,12-13H2,2-3H3/b8-6+,15-11+/t16-,17-/m0/s1. The number of epoxide rings is 1. The molecule has 2 atom stereocenters. The Morgan fingerprint density at radius 1 is 1.47 bits per heavy atom. The number of hydrogen-bond acceptors (Lipinski definition) is 2. The lowest BCUT2D eigenvalue weighted by atomic mass is 9.97. The molecule has 1 fully saturated rings. The molecule has 2 heteroatoms. The summed E-state index contributed by atoms with van der Waals surface area (Å²) >= 11 is 0. The predicted octanol–water partition coefficient (Wildman–Crippen LogP) is 3.82. The number of carbonyl (C=O) groups is 1. The van der Waals surface area contributed by atoms with E-state index in [1.54, 1.807) is 6.08 Å². The van der Waals surface area contributed by atoms with Crippen molar-refractivity contribution >= 4 is 6.29 Å². The van der Waals surface area contributed by atoms with E-state index in [0.29, 0.717) is 6.10 Å². The van der Waals surface area contributed by atoms with Crippen molar-refractivity contribution in [3.8, 4) is 12.3 Å². The fraction of sp³-hybridized carbons (Fsp3) is 0.588. The summed E-state index contributed by atoms with van der Waals surface area (Å²) in [5.74, 6) is 2.66. The van der Waals surface area contributed by atoms with Crippen molar-refractivity contribution in [1.82, 2.24) is 0 Å². The zero-order valence-electron chi connectivity index (χ0n) is 12.0. The minimum absolute atomic E-state index is 0.0467. The molecule has 0 amide bonds. The Morgan fingerprint density at radius 2 is 2.26 bits per heavy atom. The molecule has 2 nitrogen and oxygen atoms in total. The molecule has 104 valence electrons. The molecule has 1 aliphatic rings. The summed E-state index contributed by atoms with van der Waals surface area (Å²) in [4.78, 5) is 10.1. The highest BCUT2D eigenvalue weighted by atomic mass is 16.6. The van der Waals surface area contributed by atoms with E-state index in [4.69, 9.17) is 11.2 Å². The van der Waals surface area contributed by atoms with E-state index in [-0.39, 0.29) is 5.60 Å². The number of rotatable bonds is 9. The first-order valence-corrected chi connectivity index (χ1v) is 6.99. The van der Waals surface area contributed by atoms with Crippen LogP contribution in [0.5, 0.6) is 0 Å². The van der Waals surface area contributed by atoms with Crippen LogP contribution in [-0.4, -0.2) is 18.0 Å². The first-order chi connectivity index (χ1) is 9.12. The van der Waals surface area contributed by atoms with E-state index in [1.165, 1.54) is 5.57 Å². The maximum Gasteiger partial charge on any atom is 0.142 e. The Balaban J connectivity index is 2.17. The molecule has 0 spiro atoms. The number of ether oxygens (including phenoxy) is 1. The molecule has 0 aliphatic carbocycles. The zero-order chi connectivity index (χ0) is 14.1. The summed E-state index contributed by atoms with van der Waals surface area (Å²) in [5, 5.41) is 0. The van der Waals surface area contributed by atoms with Gasteiger partial charge in [0.25, 0.3) is 0 Å². The minimum atomic E-state index is 0.0467. The summed E-state index contributed by atoms with van der Waals surface area (Å²) in [6.07, 6.45) is 18.0. The maximum atomic E-state index is 10.1. The predicted molar refractivity (Wildman–Crippen MR) is 78.8 cm³/mol. The summed E-state index contributed by atoms with van der Waals surface area (Å²) in [6, 6.07) is 0. The SMILES string of the molecule is C#CCC[C@@H]1O[C@@]1(C)CC/C=C(\C)CC/C=C/C=O. The second-order valence-corrected chi connectivity index (χ2v) is 5.35. The Hall–Kier alpha value is -1.33. The van der Waals surface area contributed by atoms with Crippen LogP contribution in [0.3, 0.4) is 0 Å². The van der Waals surface area contributed by atoms with E-state index in [0.717, 1.165) is 44.8 Å². The number of aldehydes is 1. The molecule has 1 saturated heterocycles. The largest absolute Gasteiger partial charge is 0.366 e. The zero-order valence-corrected chi connectivity index (χ0v) is 12.0. The summed E-state index contributed by atoms with van der Waals surface area (Å²) < 4.78 is 5.73. The fourth-order valence-electron chi connectivity index (χ4n) is 2.26. The van der Waals surface area contributed by atoms with Gasteiger partial charge in [-0.3, -0.25) is 4.79 Å². The van der Waals surface area contributed by atoms with Gasteiger partial charge >= 0.3 is 0 Å². The smallest absolute Gasteiger partial charge is 0.142 e. The van der Waals surface area contributed by atoms with Gasteiger partial charge < -0.3 is 4.74 Å². The Labute approximate surface area is 116 Å². The molecule has 0 aromatic heterocycles. The van der Waals surface area contributed by atoms with E-state index in [1.807, 2.05) is 6.08 Å². The Kier molecular flexibility index (Phi) is 6.59. The monoisotopic (exact) mass is 260 g/mol. The van der Waals surface area contributed by atoms with Crippen LogP contribution in [0.4, 0.5) is 0 Å². The van der Waals surface area contributed by atoms with Crippen LogP contribution in [0.25, 0.3) is 0 Å². The molecule has 1 heterocycles. The topological polar surface area (TPSA) is 29.6 Å². The van der Waals surface area contributed by atoms with Crippen molar-refractivity contribution in [2.24, 2.45) is 0 Å². The summed E-state index contributed by atoms with van der Waals surface area (Å²) in [6.45, 7) is 4.31. The molecule has 0 saturated carbocycles. The van der Waals surface area contributed by atoms with Gasteiger partial charge in [-0.2, -0.15) is 0 Å². The molecular weight excluding hydrogens is 236 g/mol. The number of carbonyl (C=O) groups excluding carboxylic acids is 1. The van der Waals surface area contributed by atoms with E-state index >= 15 is 0 Å². The summed E-state index contributed by atoms with van der Waals surface area (Å²) in [5.41, 5.74) is 1.42. The van der Waals surface area contributed by atoms with Gasteiger partial charge in [-0.1, -0.05) is 17.7 Å². The molecule has 1 rings (SSSR count). The molecule has 19 heavy (non-hydrogen) atoms. The van der Waals surface area contributed by atoms with Gasteiger partial charge in [0.15, 0.2) is 0 Å². The molecular formula is C17H24O2.